The first-order valence-electron chi connectivity index (χ1n) is 4.82. The fourth-order valence-electron chi connectivity index (χ4n) is 0.770. The van der Waals surface area contributed by atoms with Gasteiger partial charge in [0.2, 0.25) is 0 Å². The largest absolute Gasteiger partial charge is 0.235 e. The van der Waals surface area contributed by atoms with E-state index >= 15 is 0 Å². The minimum atomic E-state index is -1.42. The molecule has 0 radical (unpaired) electrons. The summed E-state index contributed by atoms with van der Waals surface area (Å²) in [6, 6.07) is 24.0. The maximum absolute atomic E-state index is 8.40. The highest BCUT2D eigenvalue weighted by molar-refractivity contribution is 7.51. The third-order valence-corrected chi connectivity index (χ3v) is 1.33. The van der Waals surface area contributed by atoms with Crippen LogP contribution in [-0.4, -0.2) is 16.8 Å². The Hall–Kier alpha value is -1.08. The maximum atomic E-state index is 8.40. The first-order valence-corrected chi connectivity index (χ1v) is 6.45. The Kier molecular flexibility index (Phi) is 41.9. The summed E-state index contributed by atoms with van der Waals surface area (Å²) >= 11 is -2.83. The van der Waals surface area contributed by atoms with Gasteiger partial charge in [0, 0.05) is 0 Å². The first-order chi connectivity index (χ1) is 8.83. The summed E-state index contributed by atoms with van der Waals surface area (Å²) in [5, 5.41) is 0. The van der Waals surface area contributed by atoms with Crippen LogP contribution in [0.5, 0.6) is 0 Å². The lowest BCUT2D eigenvalue weighted by Gasteiger charge is -1.69. The van der Waals surface area contributed by atoms with Crippen molar-refractivity contribution in [3.05, 3.63) is 72.8 Å². The van der Waals surface area contributed by atoms with E-state index < -0.39 is 23.1 Å². The Morgan fingerprint density at radius 2 is 0.400 bits per heavy atom. The minimum Gasteiger partial charge on any atom is -0.235 e. The fraction of sp³-hybridized carbons (Fsp3) is 0. The lowest BCUT2D eigenvalue weighted by atomic mass is 10.4. The number of benzene rings is 2. The Morgan fingerprint density at radius 1 is 0.350 bits per heavy atom. The van der Waals surface area contributed by atoms with E-state index in [2.05, 4.69) is 0 Å². The van der Waals surface area contributed by atoms with Crippen molar-refractivity contribution in [2.45, 2.75) is 0 Å². The third kappa shape index (κ3) is 36.0. The summed E-state index contributed by atoms with van der Waals surface area (Å²) in [6.45, 7) is 0. The standard InChI is InChI=1S/2C6H6.2ClH.2H2O2S/c2*1-2-4-6-5-3-1;;;2*1-3-2/h2*1-6H;2*1H;2*3H2. The van der Waals surface area contributed by atoms with Crippen molar-refractivity contribution in [2.24, 2.45) is 0 Å². The van der Waals surface area contributed by atoms with Gasteiger partial charge >= 0.3 is 0 Å². The van der Waals surface area contributed by atoms with Gasteiger partial charge in [-0.2, -0.15) is 0 Å². The van der Waals surface area contributed by atoms with Crippen molar-refractivity contribution in [1.82, 2.24) is 0 Å². The number of rotatable bonds is 0. The number of hydrogen-bond acceptors (Lipinski definition) is 4. The van der Waals surface area contributed by atoms with Gasteiger partial charge in [0.05, 0.1) is 0 Å². The molecule has 0 aliphatic carbocycles. The molecule has 0 atom stereocenters. The smallest absolute Gasteiger partial charge is 0.129 e. The third-order valence-electron chi connectivity index (χ3n) is 1.33. The van der Waals surface area contributed by atoms with Gasteiger partial charge in [-0.3, -0.25) is 0 Å². The van der Waals surface area contributed by atoms with Crippen LogP contribution in [0.1, 0.15) is 0 Å². The highest BCUT2D eigenvalue weighted by Gasteiger charge is 1.58. The van der Waals surface area contributed by atoms with Crippen molar-refractivity contribution >= 4 is 48.0 Å². The van der Waals surface area contributed by atoms with Crippen LogP contribution in [0.2, 0.25) is 0 Å². The zero-order valence-corrected chi connectivity index (χ0v) is 14.0. The van der Waals surface area contributed by atoms with E-state index in [1.54, 1.807) is 0 Å². The average molecular weight is 361 g/mol. The van der Waals surface area contributed by atoms with Gasteiger partial charge < -0.3 is 0 Å². The van der Waals surface area contributed by atoms with E-state index in [1.165, 1.54) is 0 Å². The zero-order valence-electron chi connectivity index (χ0n) is 10.4. The average Bonchev–Trinajstić information content (AvgIpc) is 2.45. The van der Waals surface area contributed by atoms with Crippen molar-refractivity contribution < 1.29 is 16.8 Å². The normalized spacial score (nSPS) is 6.40. The number of hydrogen-bond donors (Lipinski definition) is 0. The molecule has 2 aromatic rings. The molecule has 0 fully saturated rings. The van der Waals surface area contributed by atoms with Crippen molar-refractivity contribution in [1.29, 1.82) is 0 Å². The van der Waals surface area contributed by atoms with E-state index in [0.29, 0.717) is 0 Å². The van der Waals surface area contributed by atoms with Crippen LogP contribution in [0.25, 0.3) is 0 Å². The van der Waals surface area contributed by atoms with Crippen LogP contribution in [0.15, 0.2) is 72.8 Å². The van der Waals surface area contributed by atoms with E-state index in [0.717, 1.165) is 0 Å². The Labute approximate surface area is 137 Å². The quantitative estimate of drug-likeness (QED) is 0.718. The van der Waals surface area contributed by atoms with Crippen LogP contribution in [0.4, 0.5) is 0 Å². The molecule has 0 N–H and O–H groups in total. The molecule has 0 saturated heterocycles. The summed E-state index contributed by atoms with van der Waals surface area (Å²) in [6.07, 6.45) is 0. The second-order valence-corrected chi connectivity index (χ2v) is 2.81. The fourth-order valence-corrected chi connectivity index (χ4v) is 0.770. The summed E-state index contributed by atoms with van der Waals surface area (Å²) in [7, 11) is 0. The monoisotopic (exact) mass is 360 g/mol. The van der Waals surface area contributed by atoms with Gasteiger partial charge in [0.1, 0.15) is 23.1 Å². The van der Waals surface area contributed by atoms with Crippen molar-refractivity contribution in [3.8, 4) is 0 Å². The molecule has 2 rings (SSSR count). The topological polar surface area (TPSA) is 68.3 Å². The molecule has 2 aromatic carbocycles. The van der Waals surface area contributed by atoms with Crippen LogP contribution >= 0.6 is 24.8 Å². The Morgan fingerprint density at radius 3 is 0.450 bits per heavy atom. The van der Waals surface area contributed by atoms with Gasteiger partial charge in [-0.15, -0.1) is 24.8 Å². The maximum Gasteiger partial charge on any atom is 0.129 e. The van der Waals surface area contributed by atoms with Crippen LogP contribution in [-0.2, 0) is 23.1 Å². The molecule has 0 bridgehead atoms. The zero-order chi connectivity index (χ0) is 13.9. The first kappa shape index (κ1) is 27.3. The summed E-state index contributed by atoms with van der Waals surface area (Å²) in [4.78, 5) is 0. The predicted octanol–water partition coefficient (Wildman–Crippen LogP) is 1.81. The predicted molar refractivity (Wildman–Crippen MR) is 90.8 cm³/mol. The lowest BCUT2D eigenvalue weighted by Crippen LogP contribution is -1.47. The molecule has 8 heteroatoms. The summed E-state index contributed by atoms with van der Waals surface area (Å²) in [5.41, 5.74) is 0. The molecule has 116 valence electrons. The van der Waals surface area contributed by atoms with Gasteiger partial charge in [-0.25, -0.2) is 16.8 Å². The molecular formula is C12H18Cl2O4S2. The van der Waals surface area contributed by atoms with Gasteiger partial charge in [-0.1, -0.05) is 72.8 Å². The molecule has 0 aliphatic rings. The number of halogens is 2. The molecule has 0 unspecified atom stereocenters. The summed E-state index contributed by atoms with van der Waals surface area (Å²) in [5.74, 6) is 0. The van der Waals surface area contributed by atoms with Gasteiger partial charge in [-0.05, 0) is 0 Å². The molecule has 0 spiro atoms. The molecule has 4 nitrogen and oxygen atoms in total. The SMILES string of the molecule is Cl.Cl.O=[SH2]=O.O=[SH2]=O.c1ccccc1.c1ccccc1. The van der Waals surface area contributed by atoms with Crippen LogP contribution in [0.3, 0.4) is 0 Å². The van der Waals surface area contributed by atoms with Crippen LogP contribution < -0.4 is 0 Å². The summed E-state index contributed by atoms with van der Waals surface area (Å²) < 4.78 is 33.6. The molecule has 0 saturated carbocycles. The molecule has 20 heavy (non-hydrogen) atoms. The molecule has 0 aromatic heterocycles. The second-order valence-electron chi connectivity index (χ2n) is 2.48. The van der Waals surface area contributed by atoms with Crippen molar-refractivity contribution in [2.75, 3.05) is 0 Å². The lowest BCUT2D eigenvalue weighted by molar-refractivity contribution is 0.628. The van der Waals surface area contributed by atoms with Crippen molar-refractivity contribution in [3.63, 3.8) is 0 Å². The Balaban J connectivity index is -0.0000000874. The van der Waals surface area contributed by atoms with Crippen LogP contribution in [0, 0.1) is 0 Å². The van der Waals surface area contributed by atoms with E-state index in [4.69, 9.17) is 16.8 Å². The molecule has 0 amide bonds. The van der Waals surface area contributed by atoms with E-state index in [9.17, 15) is 0 Å². The highest BCUT2D eigenvalue weighted by Crippen LogP contribution is 1.80. The molecular weight excluding hydrogens is 343 g/mol. The van der Waals surface area contributed by atoms with E-state index in [1.807, 2.05) is 72.8 Å². The van der Waals surface area contributed by atoms with E-state index in [-0.39, 0.29) is 24.8 Å². The van der Waals surface area contributed by atoms with Gasteiger partial charge in [0.25, 0.3) is 0 Å². The van der Waals surface area contributed by atoms with Gasteiger partial charge in [0.15, 0.2) is 0 Å². The highest BCUT2D eigenvalue weighted by atomic mass is 35.5. The molecule has 0 heterocycles. The second kappa shape index (κ2) is 30.7. The Bertz CT molecular complexity index is 335. The molecule has 0 aliphatic heterocycles. The minimum absolute atomic E-state index is 0.